The minimum Gasteiger partial charge on any atom is -0.463 e. The van der Waals surface area contributed by atoms with Crippen LogP contribution in [-0.4, -0.2) is 31.8 Å². The largest absolute Gasteiger partial charge is 0.463 e. The molecule has 1 aromatic rings. The van der Waals surface area contributed by atoms with E-state index in [-0.39, 0.29) is 6.04 Å². The molecule has 0 fully saturated rings. The summed E-state index contributed by atoms with van der Waals surface area (Å²) in [5, 5.41) is 3.94. The topological polar surface area (TPSA) is 55.2 Å². The van der Waals surface area contributed by atoms with Crippen LogP contribution in [0.5, 0.6) is 0 Å². The summed E-state index contributed by atoms with van der Waals surface area (Å²) in [6.45, 7) is 1.70. The zero-order chi connectivity index (χ0) is 13.2. The summed E-state index contributed by atoms with van der Waals surface area (Å²) < 4.78 is 10.7. The summed E-state index contributed by atoms with van der Waals surface area (Å²) in [7, 11) is 0. The van der Waals surface area contributed by atoms with Crippen molar-refractivity contribution in [2.45, 2.75) is 6.04 Å². The Bertz CT molecular complexity index is 560. The highest BCUT2D eigenvalue weighted by atomic mass is 35.5. The number of ether oxygens (including phenoxy) is 2. The third-order valence-corrected chi connectivity index (χ3v) is 3.52. The second kappa shape index (κ2) is 5.27. The number of hydrogen-bond acceptors (Lipinski definition) is 5. The van der Waals surface area contributed by atoms with Gasteiger partial charge in [0.1, 0.15) is 19.3 Å². The van der Waals surface area contributed by atoms with Crippen LogP contribution in [0.1, 0.15) is 11.6 Å². The van der Waals surface area contributed by atoms with Gasteiger partial charge in [0.25, 0.3) is 12.0 Å². The van der Waals surface area contributed by atoms with Gasteiger partial charge in [-0.1, -0.05) is 29.3 Å². The highest BCUT2D eigenvalue weighted by Crippen LogP contribution is 2.29. The van der Waals surface area contributed by atoms with Gasteiger partial charge >= 0.3 is 0 Å². The maximum Gasteiger partial charge on any atom is 0.293 e. The van der Waals surface area contributed by atoms with Crippen molar-refractivity contribution in [3.8, 4) is 0 Å². The standard InChI is InChI=1S/C12H11Cl2N3O2/c13-8-2-1-7(5-9(8)14)10-6-19-12(16-10)17-11-15-3-4-18-11/h1-2,5,10H,3-4,6H2,(H,15,16,17). The molecule has 0 spiro atoms. The molecule has 19 heavy (non-hydrogen) atoms. The van der Waals surface area contributed by atoms with Crippen molar-refractivity contribution in [1.29, 1.82) is 0 Å². The van der Waals surface area contributed by atoms with Gasteiger partial charge in [0.15, 0.2) is 0 Å². The van der Waals surface area contributed by atoms with Crippen LogP contribution >= 0.6 is 23.2 Å². The quantitative estimate of drug-likeness (QED) is 0.866. The molecule has 1 unspecified atom stereocenters. The Labute approximate surface area is 120 Å². The average molecular weight is 300 g/mol. The van der Waals surface area contributed by atoms with Gasteiger partial charge in [-0.25, -0.2) is 9.98 Å². The lowest BCUT2D eigenvalue weighted by atomic mass is 10.1. The van der Waals surface area contributed by atoms with Crippen molar-refractivity contribution >= 4 is 35.2 Å². The second-order valence-corrected chi connectivity index (χ2v) is 4.91. The first-order chi connectivity index (χ1) is 9.22. The number of nitrogens with one attached hydrogen (secondary N) is 1. The van der Waals surface area contributed by atoms with Gasteiger partial charge in [0.2, 0.25) is 0 Å². The first-order valence-electron chi connectivity index (χ1n) is 5.82. The number of amidine groups is 2. The van der Waals surface area contributed by atoms with Crippen molar-refractivity contribution in [2.24, 2.45) is 9.98 Å². The molecule has 0 amide bonds. The maximum atomic E-state index is 5.99. The Kier molecular flexibility index (Phi) is 3.48. The number of aliphatic imine (C=N–C) groups is 2. The Morgan fingerprint density at radius 2 is 2.05 bits per heavy atom. The lowest BCUT2D eigenvalue weighted by molar-refractivity contribution is 0.301. The van der Waals surface area contributed by atoms with Gasteiger partial charge in [-0.2, -0.15) is 0 Å². The minimum absolute atomic E-state index is 0.0979. The average Bonchev–Trinajstić information content (AvgIpc) is 3.05. The van der Waals surface area contributed by atoms with Crippen molar-refractivity contribution in [2.75, 3.05) is 19.8 Å². The molecule has 0 aromatic heterocycles. The van der Waals surface area contributed by atoms with E-state index in [0.717, 1.165) is 5.56 Å². The Hall–Kier alpha value is -1.46. The normalized spacial score (nSPS) is 21.5. The molecule has 2 aliphatic rings. The first-order valence-corrected chi connectivity index (χ1v) is 6.58. The van der Waals surface area contributed by atoms with Crippen molar-refractivity contribution in [1.82, 2.24) is 5.32 Å². The molecule has 0 aliphatic carbocycles. The van der Waals surface area contributed by atoms with E-state index in [1.165, 1.54) is 0 Å². The van der Waals surface area contributed by atoms with Gasteiger partial charge in [0.05, 0.1) is 16.6 Å². The van der Waals surface area contributed by atoms with Crippen LogP contribution in [0.15, 0.2) is 28.2 Å². The molecule has 0 radical (unpaired) electrons. The summed E-state index contributed by atoms with van der Waals surface area (Å²) in [6.07, 6.45) is 0. The minimum atomic E-state index is -0.0979. The van der Waals surface area contributed by atoms with E-state index in [9.17, 15) is 0 Å². The second-order valence-electron chi connectivity index (χ2n) is 4.09. The third-order valence-electron chi connectivity index (χ3n) is 2.78. The Balaban J connectivity index is 1.72. The Morgan fingerprint density at radius 3 is 2.79 bits per heavy atom. The number of nitrogens with zero attached hydrogens (tertiary/aromatic N) is 2. The molecule has 1 aromatic carbocycles. The SMILES string of the molecule is Clc1ccc(C2COC(NC3=NCCO3)=N2)cc1Cl. The van der Waals surface area contributed by atoms with E-state index in [4.69, 9.17) is 32.7 Å². The zero-order valence-corrected chi connectivity index (χ0v) is 11.4. The molecular weight excluding hydrogens is 289 g/mol. The summed E-state index contributed by atoms with van der Waals surface area (Å²) in [5.41, 5.74) is 0.959. The van der Waals surface area contributed by atoms with E-state index < -0.39 is 0 Å². The van der Waals surface area contributed by atoms with Gasteiger partial charge in [-0.3, -0.25) is 5.32 Å². The van der Waals surface area contributed by atoms with E-state index in [2.05, 4.69) is 15.3 Å². The summed E-state index contributed by atoms with van der Waals surface area (Å²) in [5.74, 6) is 0. The van der Waals surface area contributed by atoms with Crippen LogP contribution in [0.3, 0.4) is 0 Å². The van der Waals surface area contributed by atoms with Crippen LogP contribution in [0.4, 0.5) is 0 Å². The van der Waals surface area contributed by atoms with E-state index >= 15 is 0 Å². The van der Waals surface area contributed by atoms with E-state index in [0.29, 0.717) is 41.8 Å². The number of benzene rings is 1. The van der Waals surface area contributed by atoms with Gasteiger partial charge in [-0.15, -0.1) is 0 Å². The molecule has 1 atom stereocenters. The predicted octanol–water partition coefficient (Wildman–Crippen LogP) is 2.40. The van der Waals surface area contributed by atoms with E-state index in [1.54, 1.807) is 12.1 Å². The van der Waals surface area contributed by atoms with Crippen molar-refractivity contribution in [3.05, 3.63) is 33.8 Å². The lowest BCUT2D eigenvalue weighted by Gasteiger charge is -2.06. The van der Waals surface area contributed by atoms with Crippen LogP contribution in [0, 0.1) is 0 Å². The predicted molar refractivity (Wildman–Crippen MR) is 74.0 cm³/mol. The van der Waals surface area contributed by atoms with E-state index in [1.807, 2.05) is 6.07 Å². The molecule has 100 valence electrons. The molecule has 3 rings (SSSR count). The molecule has 2 heterocycles. The maximum absolute atomic E-state index is 5.99. The van der Waals surface area contributed by atoms with Crippen LogP contribution in [-0.2, 0) is 9.47 Å². The molecule has 5 nitrogen and oxygen atoms in total. The fourth-order valence-electron chi connectivity index (χ4n) is 1.83. The third kappa shape index (κ3) is 2.77. The first kappa shape index (κ1) is 12.6. The number of halogens is 2. The van der Waals surface area contributed by atoms with Crippen molar-refractivity contribution < 1.29 is 9.47 Å². The fraction of sp³-hybridized carbons (Fsp3) is 0.333. The molecule has 0 bridgehead atoms. The number of hydrogen-bond donors (Lipinski definition) is 1. The van der Waals surface area contributed by atoms with Gasteiger partial charge in [0, 0.05) is 0 Å². The number of rotatable bonds is 1. The fourth-order valence-corrected chi connectivity index (χ4v) is 2.14. The van der Waals surface area contributed by atoms with Crippen LogP contribution in [0.25, 0.3) is 0 Å². The lowest BCUT2D eigenvalue weighted by Crippen LogP contribution is -2.30. The molecule has 0 saturated carbocycles. The zero-order valence-electron chi connectivity index (χ0n) is 9.90. The van der Waals surface area contributed by atoms with Crippen molar-refractivity contribution in [3.63, 3.8) is 0 Å². The molecule has 2 aliphatic heterocycles. The van der Waals surface area contributed by atoms with Crippen LogP contribution < -0.4 is 5.32 Å². The molecule has 0 saturated heterocycles. The smallest absolute Gasteiger partial charge is 0.293 e. The Morgan fingerprint density at radius 1 is 1.16 bits per heavy atom. The highest BCUT2D eigenvalue weighted by Gasteiger charge is 2.23. The molecule has 7 heteroatoms. The molecule has 1 N–H and O–H groups in total. The monoisotopic (exact) mass is 299 g/mol. The van der Waals surface area contributed by atoms with Gasteiger partial charge in [-0.05, 0) is 17.7 Å². The highest BCUT2D eigenvalue weighted by molar-refractivity contribution is 6.42. The molecular formula is C12H11Cl2N3O2. The summed E-state index contributed by atoms with van der Waals surface area (Å²) in [4.78, 5) is 8.52. The summed E-state index contributed by atoms with van der Waals surface area (Å²) in [6, 6.07) is 6.21. The van der Waals surface area contributed by atoms with Crippen LogP contribution in [0.2, 0.25) is 10.0 Å². The summed E-state index contributed by atoms with van der Waals surface area (Å²) >= 11 is 11.9. The van der Waals surface area contributed by atoms with Gasteiger partial charge < -0.3 is 9.47 Å².